The Kier molecular flexibility index (Phi) is 6.65. The van der Waals surface area contributed by atoms with Crippen LogP contribution in [0.3, 0.4) is 0 Å². The highest BCUT2D eigenvalue weighted by Gasteiger charge is 2.39. The highest BCUT2D eigenvalue weighted by molar-refractivity contribution is 5.86. The molecule has 7 heteroatoms. The average molecular weight is 402 g/mol. The first-order valence-electron chi connectivity index (χ1n) is 10.6. The third-order valence-corrected chi connectivity index (χ3v) is 5.59. The Labute approximate surface area is 174 Å². The fraction of sp³-hybridized carbons (Fsp3) is 0.682. The van der Waals surface area contributed by atoms with Crippen LogP contribution < -0.4 is 15.4 Å². The molecule has 1 amide bonds. The monoisotopic (exact) mass is 401 g/mol. The van der Waals surface area contributed by atoms with Crippen molar-refractivity contribution < 1.29 is 9.53 Å². The fourth-order valence-corrected chi connectivity index (χ4v) is 4.12. The maximum absolute atomic E-state index is 12.0. The second kappa shape index (κ2) is 9.01. The molecular weight excluding hydrogens is 366 g/mol. The van der Waals surface area contributed by atoms with Gasteiger partial charge in [-0.3, -0.25) is 4.79 Å². The summed E-state index contributed by atoms with van der Waals surface area (Å²) >= 11 is 0. The quantitative estimate of drug-likeness (QED) is 0.566. The summed E-state index contributed by atoms with van der Waals surface area (Å²) in [4.78, 5) is 22.7. The first-order valence-corrected chi connectivity index (χ1v) is 10.6. The summed E-state index contributed by atoms with van der Waals surface area (Å²) in [5, 5.41) is 6.78. The third kappa shape index (κ3) is 6.34. The number of hydrogen-bond acceptors (Lipinski definition) is 4. The van der Waals surface area contributed by atoms with E-state index in [2.05, 4.69) is 15.6 Å². The van der Waals surface area contributed by atoms with E-state index >= 15 is 0 Å². The summed E-state index contributed by atoms with van der Waals surface area (Å²) in [6.45, 7) is 6.73. The molecule has 1 aromatic rings. The molecule has 2 fully saturated rings. The normalized spacial score (nSPS) is 23.8. The van der Waals surface area contributed by atoms with E-state index in [4.69, 9.17) is 9.73 Å². The SMILES string of the molecule is CN(C)C(=O)CNC(=NCc1ccc(OC(C)(C)C)nc1)NC1CC2CCC1C2. The van der Waals surface area contributed by atoms with Gasteiger partial charge in [0.2, 0.25) is 11.8 Å². The number of aromatic nitrogens is 1. The van der Waals surface area contributed by atoms with Gasteiger partial charge in [0.15, 0.2) is 5.96 Å². The topological polar surface area (TPSA) is 78.9 Å². The fourth-order valence-electron chi connectivity index (χ4n) is 4.12. The van der Waals surface area contributed by atoms with Crippen molar-refractivity contribution in [1.29, 1.82) is 0 Å². The van der Waals surface area contributed by atoms with E-state index < -0.39 is 0 Å². The van der Waals surface area contributed by atoms with Crippen LogP contribution in [0.5, 0.6) is 5.88 Å². The number of fused-ring (bicyclic) bond motifs is 2. The molecule has 2 aliphatic rings. The first kappa shape index (κ1) is 21.4. The van der Waals surface area contributed by atoms with Crippen LogP contribution in [-0.2, 0) is 11.3 Å². The van der Waals surface area contributed by atoms with E-state index in [0.29, 0.717) is 24.4 Å². The summed E-state index contributed by atoms with van der Waals surface area (Å²) in [7, 11) is 3.52. The van der Waals surface area contributed by atoms with Crippen molar-refractivity contribution in [2.75, 3.05) is 20.6 Å². The molecule has 0 saturated heterocycles. The largest absolute Gasteiger partial charge is 0.472 e. The number of rotatable bonds is 6. The number of pyridine rings is 1. The second-order valence-corrected chi connectivity index (χ2v) is 9.45. The van der Waals surface area contributed by atoms with Gasteiger partial charge in [-0.25, -0.2) is 9.98 Å². The molecule has 7 nitrogen and oxygen atoms in total. The zero-order valence-electron chi connectivity index (χ0n) is 18.4. The van der Waals surface area contributed by atoms with Crippen LogP contribution in [0, 0.1) is 11.8 Å². The number of ether oxygens (including phenoxy) is 1. The minimum absolute atomic E-state index is 0.0257. The molecule has 2 N–H and O–H groups in total. The lowest BCUT2D eigenvalue weighted by atomic mass is 9.95. The maximum Gasteiger partial charge on any atom is 0.241 e. The number of likely N-dealkylation sites (N-methyl/N-ethyl adjacent to an activating group) is 1. The van der Waals surface area contributed by atoms with Gasteiger partial charge < -0.3 is 20.3 Å². The molecule has 0 aromatic carbocycles. The van der Waals surface area contributed by atoms with E-state index in [9.17, 15) is 4.79 Å². The Morgan fingerprint density at radius 3 is 2.62 bits per heavy atom. The minimum atomic E-state index is -0.271. The van der Waals surface area contributed by atoms with Crippen molar-refractivity contribution in [3.05, 3.63) is 23.9 Å². The number of carbonyl (C=O) groups excluding carboxylic acids is 1. The molecule has 3 atom stereocenters. The van der Waals surface area contributed by atoms with Gasteiger partial charge in [-0.1, -0.05) is 12.5 Å². The molecule has 1 aromatic heterocycles. The molecule has 160 valence electrons. The predicted octanol–water partition coefficient (Wildman–Crippen LogP) is 2.57. The molecule has 3 unspecified atom stereocenters. The van der Waals surface area contributed by atoms with E-state index in [-0.39, 0.29) is 18.1 Å². The van der Waals surface area contributed by atoms with Crippen LogP contribution in [0.15, 0.2) is 23.3 Å². The third-order valence-electron chi connectivity index (χ3n) is 5.59. The van der Waals surface area contributed by atoms with E-state index in [0.717, 1.165) is 17.4 Å². The zero-order valence-corrected chi connectivity index (χ0v) is 18.4. The van der Waals surface area contributed by atoms with Crippen molar-refractivity contribution in [1.82, 2.24) is 20.5 Å². The molecule has 2 saturated carbocycles. The van der Waals surface area contributed by atoms with Gasteiger partial charge in [0, 0.05) is 32.4 Å². The van der Waals surface area contributed by atoms with E-state index in [1.165, 1.54) is 25.7 Å². The maximum atomic E-state index is 12.0. The van der Waals surface area contributed by atoms with Gasteiger partial charge in [0.25, 0.3) is 0 Å². The van der Waals surface area contributed by atoms with Crippen molar-refractivity contribution in [2.24, 2.45) is 16.8 Å². The lowest BCUT2D eigenvalue weighted by molar-refractivity contribution is -0.127. The summed E-state index contributed by atoms with van der Waals surface area (Å²) in [5.74, 6) is 2.92. The summed E-state index contributed by atoms with van der Waals surface area (Å²) in [5.41, 5.74) is 0.729. The number of amides is 1. The van der Waals surface area contributed by atoms with Crippen LogP contribution >= 0.6 is 0 Å². The Bertz CT molecular complexity index is 724. The van der Waals surface area contributed by atoms with Crippen molar-refractivity contribution >= 4 is 11.9 Å². The van der Waals surface area contributed by atoms with Gasteiger partial charge in [0.1, 0.15) is 5.60 Å². The van der Waals surface area contributed by atoms with Gasteiger partial charge in [-0.15, -0.1) is 0 Å². The van der Waals surface area contributed by atoms with Crippen LogP contribution in [0.1, 0.15) is 52.0 Å². The molecule has 3 rings (SSSR count). The van der Waals surface area contributed by atoms with Gasteiger partial charge in [0.05, 0.1) is 13.1 Å². The lowest BCUT2D eigenvalue weighted by Gasteiger charge is -2.25. The number of nitrogens with one attached hydrogen (secondary N) is 2. The van der Waals surface area contributed by atoms with Crippen LogP contribution in [0.25, 0.3) is 0 Å². The summed E-state index contributed by atoms with van der Waals surface area (Å²) in [6, 6.07) is 4.31. The molecule has 2 bridgehead atoms. The second-order valence-electron chi connectivity index (χ2n) is 9.45. The summed E-state index contributed by atoms with van der Waals surface area (Å²) in [6.07, 6.45) is 6.97. The Balaban J connectivity index is 1.62. The van der Waals surface area contributed by atoms with Crippen molar-refractivity contribution in [3.8, 4) is 5.88 Å². The van der Waals surface area contributed by atoms with E-state index in [1.54, 1.807) is 25.2 Å². The molecule has 0 spiro atoms. The van der Waals surface area contributed by atoms with Crippen LogP contribution in [0.4, 0.5) is 0 Å². The van der Waals surface area contributed by atoms with Gasteiger partial charge in [-0.2, -0.15) is 0 Å². The molecule has 1 heterocycles. The number of nitrogens with zero attached hydrogens (tertiary/aromatic N) is 3. The molecule has 29 heavy (non-hydrogen) atoms. The molecular formula is C22H35N5O2. The van der Waals surface area contributed by atoms with E-state index in [1.807, 2.05) is 32.9 Å². The van der Waals surface area contributed by atoms with Crippen molar-refractivity contribution in [3.63, 3.8) is 0 Å². The molecule has 2 aliphatic carbocycles. The van der Waals surface area contributed by atoms with Gasteiger partial charge in [-0.05, 0) is 57.4 Å². The highest BCUT2D eigenvalue weighted by Crippen LogP contribution is 2.44. The minimum Gasteiger partial charge on any atom is -0.472 e. The van der Waals surface area contributed by atoms with Crippen LogP contribution in [-0.4, -0.2) is 54.0 Å². The van der Waals surface area contributed by atoms with Crippen LogP contribution in [0.2, 0.25) is 0 Å². The standard InChI is InChI=1S/C22H35N5O2/c1-22(2,3)29-19-9-7-16(12-23-19)13-24-21(25-14-20(28)27(4)5)26-18-11-15-6-8-17(18)10-15/h7,9,12,15,17-18H,6,8,10-11,13-14H2,1-5H3,(H2,24,25,26). The number of guanidine groups is 1. The zero-order chi connectivity index (χ0) is 21.0. The first-order chi connectivity index (χ1) is 13.7. The number of hydrogen-bond donors (Lipinski definition) is 2. The smallest absolute Gasteiger partial charge is 0.241 e. The Hall–Kier alpha value is -2.31. The Morgan fingerprint density at radius 1 is 1.28 bits per heavy atom. The Morgan fingerprint density at radius 2 is 2.07 bits per heavy atom. The van der Waals surface area contributed by atoms with Gasteiger partial charge >= 0.3 is 0 Å². The highest BCUT2D eigenvalue weighted by atomic mass is 16.5. The predicted molar refractivity (Wildman–Crippen MR) is 115 cm³/mol. The summed E-state index contributed by atoms with van der Waals surface area (Å²) < 4.78 is 5.77. The number of aliphatic imine (C=N–C) groups is 1. The van der Waals surface area contributed by atoms with Crippen molar-refractivity contribution in [2.45, 2.75) is 64.6 Å². The lowest BCUT2D eigenvalue weighted by Crippen LogP contribution is -2.48. The number of carbonyl (C=O) groups is 1. The molecule has 0 aliphatic heterocycles. The average Bonchev–Trinajstić information content (AvgIpc) is 3.26. The molecule has 0 radical (unpaired) electrons.